The van der Waals surface area contributed by atoms with Crippen LogP contribution in [0.25, 0.3) is 0 Å². The molecule has 1 amide bonds. The molecular weight excluding hydrogens is 206 g/mol. The van der Waals surface area contributed by atoms with Crippen LogP contribution < -0.4 is 5.32 Å². The van der Waals surface area contributed by atoms with Crippen molar-refractivity contribution >= 4 is 11.6 Å². The van der Waals surface area contributed by atoms with E-state index >= 15 is 0 Å². The summed E-state index contributed by atoms with van der Waals surface area (Å²) in [5, 5.41) is 7.03. The van der Waals surface area contributed by atoms with Crippen LogP contribution in [0.5, 0.6) is 0 Å². The van der Waals surface area contributed by atoms with E-state index in [0.717, 1.165) is 17.8 Å². The molecule has 0 aliphatic carbocycles. The van der Waals surface area contributed by atoms with Crippen molar-refractivity contribution in [3.8, 4) is 0 Å². The summed E-state index contributed by atoms with van der Waals surface area (Å²) in [6, 6.07) is 0. The topological polar surface area (TPSA) is 56.2 Å². The number of hydrogen-bond donors (Lipinski definition) is 1. The number of nitrogens with one attached hydrogen (secondary N) is 1. The molecule has 1 rings (SSSR count). The van der Waals surface area contributed by atoms with E-state index in [0.29, 0.717) is 0 Å². The van der Waals surface area contributed by atoms with E-state index in [-0.39, 0.29) is 18.6 Å². The number of carbonyl (C=O) groups is 1. The maximum absolute atomic E-state index is 11.5. The molecule has 5 heteroatoms. The second kappa shape index (κ2) is 5.65. The molecule has 0 aromatic carbocycles. The van der Waals surface area contributed by atoms with Crippen molar-refractivity contribution in [3.63, 3.8) is 0 Å². The smallest absolute Gasteiger partial charge is 0.250 e. The van der Waals surface area contributed by atoms with Gasteiger partial charge >= 0.3 is 0 Å². The van der Waals surface area contributed by atoms with Gasteiger partial charge in [-0.25, -0.2) is 0 Å². The van der Waals surface area contributed by atoms with Crippen LogP contribution in [0.2, 0.25) is 0 Å². The SMILES string of the molecule is CCc1nn(C)cc1NC(=O)COC(C)C. The third-order valence-corrected chi connectivity index (χ3v) is 2.06. The molecule has 0 aliphatic rings. The molecule has 0 radical (unpaired) electrons. The summed E-state index contributed by atoms with van der Waals surface area (Å²) in [7, 11) is 1.83. The van der Waals surface area contributed by atoms with Crippen LogP contribution in [0.3, 0.4) is 0 Å². The zero-order chi connectivity index (χ0) is 12.1. The number of nitrogens with zero attached hydrogens (tertiary/aromatic N) is 2. The molecule has 1 N–H and O–H groups in total. The second-order valence-corrected chi connectivity index (χ2v) is 3.92. The van der Waals surface area contributed by atoms with E-state index in [9.17, 15) is 4.79 Å². The fourth-order valence-electron chi connectivity index (χ4n) is 1.33. The number of anilines is 1. The first-order valence-corrected chi connectivity index (χ1v) is 5.47. The Balaban J connectivity index is 2.55. The number of rotatable bonds is 5. The number of aromatic nitrogens is 2. The van der Waals surface area contributed by atoms with Crippen LogP contribution in [-0.4, -0.2) is 28.4 Å². The average molecular weight is 225 g/mol. The summed E-state index contributed by atoms with van der Waals surface area (Å²) in [5.41, 5.74) is 1.66. The lowest BCUT2D eigenvalue weighted by atomic mass is 10.3. The van der Waals surface area contributed by atoms with Crippen molar-refractivity contribution in [1.82, 2.24) is 9.78 Å². The molecule has 5 nitrogen and oxygen atoms in total. The van der Waals surface area contributed by atoms with Gasteiger partial charge in [-0.05, 0) is 20.3 Å². The summed E-state index contributed by atoms with van der Waals surface area (Å²) in [5.74, 6) is -0.142. The van der Waals surface area contributed by atoms with E-state index in [1.807, 2.05) is 27.8 Å². The lowest BCUT2D eigenvalue weighted by molar-refractivity contribution is -0.121. The number of hydrogen-bond acceptors (Lipinski definition) is 3. The maximum atomic E-state index is 11.5. The van der Waals surface area contributed by atoms with Gasteiger partial charge in [0.2, 0.25) is 5.91 Å². The van der Waals surface area contributed by atoms with Gasteiger partial charge in [-0.1, -0.05) is 6.92 Å². The molecule has 1 aromatic heterocycles. The molecule has 1 heterocycles. The summed E-state index contributed by atoms with van der Waals surface area (Å²) < 4.78 is 6.91. The van der Waals surface area contributed by atoms with E-state index < -0.39 is 0 Å². The predicted molar refractivity (Wildman–Crippen MR) is 62.3 cm³/mol. The average Bonchev–Trinajstić information content (AvgIpc) is 2.55. The summed E-state index contributed by atoms with van der Waals surface area (Å²) in [4.78, 5) is 11.5. The quantitative estimate of drug-likeness (QED) is 0.822. The van der Waals surface area contributed by atoms with Crippen LogP contribution in [0.15, 0.2) is 6.20 Å². The molecule has 90 valence electrons. The van der Waals surface area contributed by atoms with E-state index in [1.54, 1.807) is 10.9 Å². The zero-order valence-corrected chi connectivity index (χ0v) is 10.3. The van der Waals surface area contributed by atoms with Gasteiger partial charge in [0.05, 0.1) is 17.5 Å². The first-order valence-electron chi connectivity index (χ1n) is 5.47. The molecule has 0 bridgehead atoms. The monoisotopic (exact) mass is 225 g/mol. The Hall–Kier alpha value is -1.36. The number of carbonyl (C=O) groups excluding carboxylic acids is 1. The minimum Gasteiger partial charge on any atom is -0.369 e. The molecule has 1 aromatic rings. The zero-order valence-electron chi connectivity index (χ0n) is 10.3. The molecule has 16 heavy (non-hydrogen) atoms. The lowest BCUT2D eigenvalue weighted by Crippen LogP contribution is -2.20. The molecule has 0 atom stereocenters. The standard InChI is InChI=1S/C11H19N3O2/c1-5-9-10(6-14(4)13-9)12-11(15)7-16-8(2)3/h6,8H,5,7H2,1-4H3,(H,12,15). The third kappa shape index (κ3) is 3.66. The van der Waals surface area contributed by atoms with Crippen molar-refractivity contribution in [2.75, 3.05) is 11.9 Å². The van der Waals surface area contributed by atoms with Crippen molar-refractivity contribution in [2.24, 2.45) is 7.05 Å². The van der Waals surface area contributed by atoms with Gasteiger partial charge in [0, 0.05) is 13.2 Å². The van der Waals surface area contributed by atoms with Crippen molar-refractivity contribution < 1.29 is 9.53 Å². The minimum atomic E-state index is -0.142. The van der Waals surface area contributed by atoms with Gasteiger partial charge < -0.3 is 10.1 Å². The number of ether oxygens (including phenoxy) is 1. The number of aryl methyl sites for hydroxylation is 2. The van der Waals surface area contributed by atoms with Gasteiger partial charge in [0.1, 0.15) is 6.61 Å². The molecule has 0 unspecified atom stereocenters. The molecule has 0 saturated heterocycles. The van der Waals surface area contributed by atoms with Crippen molar-refractivity contribution in [2.45, 2.75) is 33.3 Å². The Morgan fingerprint density at radius 2 is 2.31 bits per heavy atom. The van der Waals surface area contributed by atoms with Gasteiger partial charge in [0.25, 0.3) is 0 Å². The highest BCUT2D eigenvalue weighted by molar-refractivity contribution is 5.92. The van der Waals surface area contributed by atoms with Crippen molar-refractivity contribution in [1.29, 1.82) is 0 Å². The molecule has 0 aliphatic heterocycles. The van der Waals surface area contributed by atoms with Crippen LogP contribution in [0.1, 0.15) is 26.5 Å². The van der Waals surface area contributed by atoms with E-state index in [1.165, 1.54) is 0 Å². The Morgan fingerprint density at radius 3 is 2.88 bits per heavy atom. The summed E-state index contributed by atoms with van der Waals surface area (Å²) in [6.45, 7) is 5.88. The van der Waals surface area contributed by atoms with Crippen molar-refractivity contribution in [3.05, 3.63) is 11.9 Å². The normalized spacial score (nSPS) is 10.8. The fraction of sp³-hybridized carbons (Fsp3) is 0.636. The molecule has 0 saturated carbocycles. The largest absolute Gasteiger partial charge is 0.369 e. The number of amides is 1. The predicted octanol–water partition coefficient (Wildman–Crippen LogP) is 1.35. The van der Waals surface area contributed by atoms with Crippen LogP contribution >= 0.6 is 0 Å². The lowest BCUT2D eigenvalue weighted by Gasteiger charge is -2.07. The van der Waals surface area contributed by atoms with Gasteiger partial charge in [-0.2, -0.15) is 5.10 Å². The van der Waals surface area contributed by atoms with Gasteiger partial charge in [-0.15, -0.1) is 0 Å². The van der Waals surface area contributed by atoms with Crippen LogP contribution in [-0.2, 0) is 23.0 Å². The Kier molecular flexibility index (Phi) is 4.49. The second-order valence-electron chi connectivity index (χ2n) is 3.92. The highest BCUT2D eigenvalue weighted by Gasteiger charge is 2.09. The highest BCUT2D eigenvalue weighted by atomic mass is 16.5. The van der Waals surface area contributed by atoms with Crippen LogP contribution in [0, 0.1) is 0 Å². The van der Waals surface area contributed by atoms with Crippen LogP contribution in [0.4, 0.5) is 5.69 Å². The Morgan fingerprint density at radius 1 is 1.62 bits per heavy atom. The first kappa shape index (κ1) is 12.7. The van der Waals surface area contributed by atoms with Gasteiger partial charge in [0.15, 0.2) is 0 Å². The first-order chi connectivity index (χ1) is 7.52. The fourth-order valence-corrected chi connectivity index (χ4v) is 1.33. The highest BCUT2D eigenvalue weighted by Crippen LogP contribution is 2.13. The molecule has 0 fully saturated rings. The van der Waals surface area contributed by atoms with E-state index in [2.05, 4.69) is 10.4 Å². The molecule has 0 spiro atoms. The Labute approximate surface area is 95.8 Å². The summed E-state index contributed by atoms with van der Waals surface area (Å²) in [6.07, 6.45) is 2.65. The Bertz CT molecular complexity index is 358. The third-order valence-electron chi connectivity index (χ3n) is 2.06. The van der Waals surface area contributed by atoms with Gasteiger partial charge in [-0.3, -0.25) is 9.48 Å². The minimum absolute atomic E-state index is 0.0605. The van der Waals surface area contributed by atoms with E-state index in [4.69, 9.17) is 4.74 Å². The summed E-state index contributed by atoms with van der Waals surface area (Å²) >= 11 is 0. The molecular formula is C11H19N3O2. The maximum Gasteiger partial charge on any atom is 0.250 e.